The van der Waals surface area contributed by atoms with Crippen LogP contribution < -0.4 is 5.32 Å². The summed E-state index contributed by atoms with van der Waals surface area (Å²) in [6.45, 7) is 5.98. The molecule has 0 aromatic heterocycles. The number of esters is 1. The van der Waals surface area contributed by atoms with Gasteiger partial charge in [-0.25, -0.2) is 4.79 Å². The van der Waals surface area contributed by atoms with Gasteiger partial charge in [0, 0.05) is 41.7 Å². The molecule has 10 nitrogen and oxygen atoms in total. The molecular formula is C42H57NO9. The van der Waals surface area contributed by atoms with Crippen LogP contribution in [-0.2, 0) is 27.4 Å². The number of allylic oxidation sites excluding steroid dienone is 2. The SMILES string of the molecule is CNC(Cc1ccccc1CO)C1CC2CC3(O)C(C)(CC4C=CC5CC(O)CC6(O)C(CCC(C)C)C(O)C3(O)C4C56C=O)C2C2=CC(=O)OC21. The van der Waals surface area contributed by atoms with Crippen LogP contribution in [0.3, 0.4) is 0 Å². The lowest BCUT2D eigenvalue weighted by Crippen LogP contribution is -2.86. The number of ether oxygens (including phenoxy) is 1. The van der Waals surface area contributed by atoms with E-state index in [0.29, 0.717) is 32.1 Å². The summed E-state index contributed by atoms with van der Waals surface area (Å²) in [5, 5.41) is 77.5. The molecule has 7 aliphatic rings. The summed E-state index contributed by atoms with van der Waals surface area (Å²) in [5.41, 5.74) is -5.78. The molecule has 0 spiro atoms. The standard InChI is InChI=1S/C42H57NO9/c1-22(2)9-12-31-37(48)42(51)36-24(10-11-27-15-28(46)19-40(31,49)39(27,36)21-45)17-38(3)34-26(18-41(38,42)50)13-29(35-30(34)16-33(47)52-35)32(43-4)14-23-7-5-6-8-25(23)20-44/h5-8,10-11,16,21-22,24,26-29,31-32,34-37,43-44,46,48-51H,9,12-15,17-20H2,1-4H3. The van der Waals surface area contributed by atoms with Crippen LogP contribution in [-0.4, -0.2) is 91.1 Å². The Morgan fingerprint density at radius 2 is 1.77 bits per heavy atom. The van der Waals surface area contributed by atoms with Crippen molar-refractivity contribution in [3.63, 3.8) is 0 Å². The molecule has 1 aromatic rings. The summed E-state index contributed by atoms with van der Waals surface area (Å²) < 4.78 is 6.10. The van der Waals surface area contributed by atoms with Crippen LogP contribution in [0.4, 0.5) is 0 Å². The number of aliphatic hydroxyl groups excluding tert-OH is 3. The van der Waals surface area contributed by atoms with Gasteiger partial charge in [0.25, 0.3) is 0 Å². The topological polar surface area (TPSA) is 177 Å². The molecule has 7 N–H and O–H groups in total. The van der Waals surface area contributed by atoms with Crippen molar-refractivity contribution in [3.8, 4) is 0 Å². The van der Waals surface area contributed by atoms with Gasteiger partial charge in [0.05, 0.1) is 29.8 Å². The summed E-state index contributed by atoms with van der Waals surface area (Å²) in [6.07, 6.45) is 6.05. The van der Waals surface area contributed by atoms with Crippen LogP contribution >= 0.6 is 0 Å². The highest BCUT2D eigenvalue weighted by Crippen LogP contribution is 2.78. The average molecular weight is 720 g/mol. The van der Waals surface area contributed by atoms with Crippen molar-refractivity contribution in [2.75, 3.05) is 7.05 Å². The normalized spacial score (nSPS) is 49.0. The minimum absolute atomic E-state index is 0.0866. The predicted molar refractivity (Wildman–Crippen MR) is 191 cm³/mol. The van der Waals surface area contributed by atoms with Crippen molar-refractivity contribution in [2.45, 2.75) is 120 Å². The van der Waals surface area contributed by atoms with Gasteiger partial charge in [0.1, 0.15) is 23.6 Å². The highest BCUT2D eigenvalue weighted by atomic mass is 16.5. The summed E-state index contributed by atoms with van der Waals surface area (Å²) in [4.78, 5) is 27.0. The zero-order valence-electron chi connectivity index (χ0n) is 30.8. The Bertz CT molecular complexity index is 1680. The van der Waals surface area contributed by atoms with E-state index in [4.69, 9.17) is 4.74 Å². The molecule has 10 heteroatoms. The van der Waals surface area contributed by atoms with E-state index in [0.717, 1.165) is 23.0 Å². The molecule has 0 bridgehead atoms. The van der Waals surface area contributed by atoms with Crippen LogP contribution in [0.25, 0.3) is 0 Å². The Kier molecular flexibility index (Phi) is 8.63. The molecule has 8 rings (SSSR count). The van der Waals surface area contributed by atoms with E-state index < -0.39 is 75.6 Å². The van der Waals surface area contributed by atoms with Crippen LogP contribution in [0.15, 0.2) is 48.1 Å². The molecule has 0 amide bonds. The molecule has 1 heterocycles. The molecule has 16 atom stereocenters. The number of aldehydes is 1. The van der Waals surface area contributed by atoms with Gasteiger partial charge in [0.15, 0.2) is 0 Å². The Hall–Kier alpha value is -2.44. The summed E-state index contributed by atoms with van der Waals surface area (Å²) in [7, 11) is 1.88. The molecule has 5 fully saturated rings. The number of nitrogens with one attached hydrogen (secondary N) is 1. The first-order valence-electron chi connectivity index (χ1n) is 19.6. The van der Waals surface area contributed by atoms with Gasteiger partial charge >= 0.3 is 5.97 Å². The fourth-order valence-corrected chi connectivity index (χ4v) is 14.0. The number of hydrogen-bond donors (Lipinski definition) is 7. The smallest absolute Gasteiger partial charge is 0.331 e. The van der Waals surface area contributed by atoms with Crippen molar-refractivity contribution in [3.05, 3.63) is 59.2 Å². The molecule has 5 saturated carbocycles. The largest absolute Gasteiger partial charge is 0.454 e. The highest BCUT2D eigenvalue weighted by Gasteiger charge is 2.86. The maximum atomic E-state index is 13.8. The summed E-state index contributed by atoms with van der Waals surface area (Å²) in [6, 6.07) is 7.60. The minimum Gasteiger partial charge on any atom is -0.454 e. The molecule has 0 saturated heterocycles. The van der Waals surface area contributed by atoms with Gasteiger partial charge in [-0.2, -0.15) is 0 Å². The fourth-order valence-electron chi connectivity index (χ4n) is 14.0. The molecular weight excluding hydrogens is 662 g/mol. The van der Waals surface area contributed by atoms with Crippen LogP contribution in [0, 0.1) is 58.2 Å². The van der Waals surface area contributed by atoms with Crippen molar-refractivity contribution in [1.29, 1.82) is 0 Å². The van der Waals surface area contributed by atoms with Crippen LogP contribution in [0.1, 0.15) is 76.8 Å². The minimum atomic E-state index is -2.18. The number of carbonyl (C=O) groups excluding carboxylic acids is 2. The van der Waals surface area contributed by atoms with Gasteiger partial charge in [-0.3, -0.25) is 0 Å². The zero-order valence-corrected chi connectivity index (χ0v) is 30.8. The third-order valence-corrected chi connectivity index (χ3v) is 15.9. The summed E-state index contributed by atoms with van der Waals surface area (Å²) in [5.74, 6) is -3.94. The first-order chi connectivity index (χ1) is 24.6. The molecule has 1 aliphatic heterocycles. The maximum absolute atomic E-state index is 13.8. The lowest BCUT2D eigenvalue weighted by Gasteiger charge is -2.75. The second kappa shape index (κ2) is 12.3. The number of likely N-dealkylation sites (N-methyl/N-ethyl adjacent to an activating group) is 1. The van der Waals surface area contributed by atoms with Gasteiger partial charge in [-0.1, -0.05) is 63.6 Å². The van der Waals surface area contributed by atoms with Crippen LogP contribution in [0.5, 0.6) is 0 Å². The Balaban J connectivity index is 1.25. The maximum Gasteiger partial charge on any atom is 0.331 e. The second-order valence-corrected chi connectivity index (χ2v) is 18.4. The molecule has 284 valence electrons. The first-order valence-corrected chi connectivity index (χ1v) is 19.6. The molecule has 52 heavy (non-hydrogen) atoms. The Morgan fingerprint density at radius 3 is 2.44 bits per heavy atom. The first kappa shape index (κ1) is 36.5. The van der Waals surface area contributed by atoms with Crippen molar-refractivity contribution in [1.82, 2.24) is 5.32 Å². The lowest BCUT2D eigenvalue weighted by molar-refractivity contribution is -0.379. The third kappa shape index (κ3) is 4.49. The number of carbonyl (C=O) groups is 2. The van der Waals surface area contributed by atoms with Crippen molar-refractivity contribution in [2.24, 2.45) is 58.2 Å². The van der Waals surface area contributed by atoms with E-state index in [9.17, 15) is 40.2 Å². The second-order valence-electron chi connectivity index (χ2n) is 18.4. The van der Waals surface area contributed by atoms with E-state index in [1.54, 1.807) is 6.08 Å². The number of aliphatic hydroxyl groups is 6. The average Bonchev–Trinajstić information content (AvgIpc) is 3.59. The van der Waals surface area contributed by atoms with E-state index in [2.05, 4.69) is 5.32 Å². The van der Waals surface area contributed by atoms with E-state index in [-0.39, 0.29) is 55.6 Å². The third-order valence-electron chi connectivity index (χ3n) is 15.9. The van der Waals surface area contributed by atoms with Gasteiger partial charge < -0.3 is 45.5 Å². The Labute approximate surface area is 306 Å². The van der Waals surface area contributed by atoms with Gasteiger partial charge in [-0.15, -0.1) is 0 Å². The molecule has 0 radical (unpaired) electrons. The number of hydrogen-bond acceptors (Lipinski definition) is 10. The molecule has 16 unspecified atom stereocenters. The molecule has 1 aromatic carbocycles. The van der Waals surface area contributed by atoms with E-state index in [1.165, 1.54) is 0 Å². The summed E-state index contributed by atoms with van der Waals surface area (Å²) >= 11 is 0. The zero-order chi connectivity index (χ0) is 37.2. The highest BCUT2D eigenvalue weighted by molar-refractivity contribution is 5.86. The number of benzene rings is 1. The quantitative estimate of drug-likeness (QED) is 0.114. The van der Waals surface area contributed by atoms with E-state index in [1.807, 2.05) is 64.2 Å². The lowest BCUT2D eigenvalue weighted by atomic mass is 9.32. The molecule has 6 aliphatic carbocycles. The fraction of sp³-hybridized carbons (Fsp3) is 0.714. The monoisotopic (exact) mass is 719 g/mol. The number of fused-ring (bicyclic) bond motifs is 6. The van der Waals surface area contributed by atoms with Crippen LogP contribution in [0.2, 0.25) is 0 Å². The Morgan fingerprint density at radius 1 is 1.04 bits per heavy atom. The van der Waals surface area contributed by atoms with E-state index >= 15 is 0 Å². The van der Waals surface area contributed by atoms with Crippen molar-refractivity contribution >= 4 is 12.3 Å². The predicted octanol–water partition coefficient (Wildman–Crippen LogP) is 2.61. The van der Waals surface area contributed by atoms with Crippen molar-refractivity contribution < 1.29 is 45.0 Å². The number of rotatable bonds is 9. The van der Waals surface area contributed by atoms with Gasteiger partial charge in [0.2, 0.25) is 0 Å². The van der Waals surface area contributed by atoms with Gasteiger partial charge in [-0.05, 0) is 91.9 Å².